The van der Waals surface area contributed by atoms with E-state index in [4.69, 9.17) is 4.74 Å². The highest BCUT2D eigenvalue weighted by Gasteiger charge is 2.28. The highest BCUT2D eigenvalue weighted by molar-refractivity contribution is 7.09. The highest BCUT2D eigenvalue weighted by atomic mass is 32.1. The van der Waals surface area contributed by atoms with Crippen LogP contribution in [0.4, 0.5) is 18.9 Å². The van der Waals surface area contributed by atoms with Crippen LogP contribution in [0.15, 0.2) is 53.9 Å². The number of benzene rings is 2. The highest BCUT2D eigenvalue weighted by Crippen LogP contribution is 2.22. The summed E-state index contributed by atoms with van der Waals surface area (Å²) in [5.41, 5.74) is 2.47. The summed E-state index contributed by atoms with van der Waals surface area (Å²) < 4.78 is 42.9. The van der Waals surface area contributed by atoms with E-state index in [-0.39, 0.29) is 5.56 Å². The Balaban J connectivity index is 1.65. The number of amides is 2. The average Bonchev–Trinajstić information content (AvgIpc) is 3.21. The maximum atomic E-state index is 12.5. The zero-order valence-corrected chi connectivity index (χ0v) is 19.2. The van der Waals surface area contributed by atoms with E-state index >= 15 is 0 Å². The number of anilines is 1. The number of carbonyl (C=O) groups is 2. The number of halogens is 3. The van der Waals surface area contributed by atoms with Gasteiger partial charge in [0.25, 0.3) is 5.91 Å². The number of ether oxygens (including phenoxy) is 1. The third-order valence-corrected chi connectivity index (χ3v) is 5.40. The Labute approximate surface area is 198 Å². The lowest BCUT2D eigenvalue weighted by Gasteiger charge is -2.11. The molecular weight excluding hydrogens is 467 g/mol. The van der Waals surface area contributed by atoms with E-state index in [1.807, 2.05) is 29.8 Å². The molecule has 3 rings (SSSR count). The largest absolute Gasteiger partial charge is 0.487 e. The first kappa shape index (κ1) is 25.0. The van der Waals surface area contributed by atoms with Gasteiger partial charge in [-0.25, -0.2) is 4.98 Å². The van der Waals surface area contributed by atoms with Crippen molar-refractivity contribution in [3.63, 3.8) is 0 Å². The molecule has 2 N–H and O–H groups in total. The predicted octanol–water partition coefficient (Wildman–Crippen LogP) is 5.28. The molecule has 1 heterocycles. The topological polar surface area (TPSA) is 80.3 Å². The Kier molecular flexibility index (Phi) is 8.06. The second-order valence-electron chi connectivity index (χ2n) is 7.33. The van der Waals surface area contributed by atoms with Crippen molar-refractivity contribution in [3.8, 4) is 5.75 Å². The van der Waals surface area contributed by atoms with Crippen molar-refractivity contribution in [1.82, 2.24) is 10.3 Å². The fourth-order valence-electron chi connectivity index (χ4n) is 2.90. The van der Waals surface area contributed by atoms with E-state index in [2.05, 4.69) is 10.3 Å². The zero-order valence-electron chi connectivity index (χ0n) is 18.4. The molecule has 0 aliphatic carbocycles. The van der Waals surface area contributed by atoms with Gasteiger partial charge in [0.15, 0.2) is 0 Å². The third-order valence-electron chi connectivity index (χ3n) is 4.58. The van der Waals surface area contributed by atoms with Gasteiger partial charge in [-0.2, -0.15) is 13.2 Å². The summed E-state index contributed by atoms with van der Waals surface area (Å²) in [6.07, 6.45) is -1.61. The molecule has 0 atom stereocenters. The van der Waals surface area contributed by atoms with Crippen LogP contribution in [0.5, 0.6) is 5.75 Å². The van der Waals surface area contributed by atoms with Crippen LogP contribution in [0.1, 0.15) is 32.2 Å². The molecule has 0 spiro atoms. The van der Waals surface area contributed by atoms with Crippen molar-refractivity contribution in [1.29, 1.82) is 0 Å². The van der Waals surface area contributed by atoms with Gasteiger partial charge in [0, 0.05) is 28.3 Å². The van der Waals surface area contributed by atoms with Crippen LogP contribution < -0.4 is 15.4 Å². The first-order chi connectivity index (χ1) is 16.1. The van der Waals surface area contributed by atoms with Gasteiger partial charge in [0.05, 0.1) is 10.7 Å². The van der Waals surface area contributed by atoms with Gasteiger partial charge >= 0.3 is 6.18 Å². The zero-order chi connectivity index (χ0) is 24.7. The Morgan fingerprint density at radius 2 is 1.91 bits per heavy atom. The second kappa shape index (κ2) is 11.0. The Morgan fingerprint density at radius 3 is 2.62 bits per heavy atom. The lowest BCUT2D eigenvalue weighted by Crippen LogP contribution is -2.33. The first-order valence-corrected chi connectivity index (χ1v) is 11.1. The summed E-state index contributed by atoms with van der Waals surface area (Å²) >= 11 is 1.53. The minimum atomic E-state index is -4.51. The normalized spacial score (nSPS) is 11.4. The average molecular weight is 490 g/mol. The summed E-state index contributed by atoms with van der Waals surface area (Å²) in [6, 6.07) is 11.5. The van der Waals surface area contributed by atoms with Crippen molar-refractivity contribution >= 4 is 34.9 Å². The minimum Gasteiger partial charge on any atom is -0.487 e. The van der Waals surface area contributed by atoms with E-state index in [9.17, 15) is 22.8 Å². The number of nitrogens with zero attached hydrogens (tertiary/aromatic N) is 1. The Morgan fingerprint density at radius 1 is 1.15 bits per heavy atom. The lowest BCUT2D eigenvalue weighted by atomic mass is 10.1. The van der Waals surface area contributed by atoms with Crippen LogP contribution in [0.3, 0.4) is 0 Å². The molecule has 178 valence electrons. The minimum absolute atomic E-state index is 0.00477. The summed E-state index contributed by atoms with van der Waals surface area (Å²) in [5, 5.41) is 7.32. The molecule has 0 saturated heterocycles. The molecule has 0 aliphatic rings. The molecule has 0 fully saturated rings. The lowest BCUT2D eigenvalue weighted by molar-refractivity contribution is -0.123. The number of nitrogens with one attached hydrogen (secondary N) is 2. The number of aromatic nitrogens is 1. The van der Waals surface area contributed by atoms with Crippen molar-refractivity contribution in [2.24, 2.45) is 0 Å². The molecule has 6 nitrogen and oxygen atoms in total. The van der Waals surface area contributed by atoms with Crippen LogP contribution in [0.2, 0.25) is 0 Å². The smallest absolute Gasteiger partial charge is 0.405 e. The van der Waals surface area contributed by atoms with Gasteiger partial charge in [-0.1, -0.05) is 24.3 Å². The van der Waals surface area contributed by atoms with Crippen molar-refractivity contribution in [2.45, 2.75) is 26.6 Å². The molecule has 0 radical (unpaired) electrons. The number of hydrogen-bond acceptors (Lipinski definition) is 5. The summed E-state index contributed by atoms with van der Waals surface area (Å²) in [5.74, 6) is -0.776. The molecular formula is C24H22F3N3O3S. The van der Waals surface area contributed by atoms with Crippen LogP contribution in [-0.2, 0) is 11.4 Å². The number of thiazole rings is 1. The molecule has 2 amide bonds. The molecule has 10 heteroatoms. The molecule has 34 heavy (non-hydrogen) atoms. The molecule has 3 aromatic rings. The summed E-state index contributed by atoms with van der Waals surface area (Å²) in [4.78, 5) is 28.8. The number of alkyl halides is 3. The van der Waals surface area contributed by atoms with Crippen molar-refractivity contribution in [3.05, 3.63) is 81.3 Å². The Hall–Kier alpha value is -3.66. The van der Waals surface area contributed by atoms with E-state index in [0.29, 0.717) is 29.2 Å². The molecule has 0 saturated carbocycles. The molecule has 1 aromatic heterocycles. The SMILES string of the molecule is Cc1nc(COc2ccccc2/C=C/C(=O)Nc2cc(C(=O)NCC(F)(F)F)ccc2C)cs1. The van der Waals surface area contributed by atoms with Gasteiger partial charge in [-0.05, 0) is 43.7 Å². The van der Waals surface area contributed by atoms with Crippen LogP contribution in [0.25, 0.3) is 6.08 Å². The quantitative estimate of drug-likeness (QED) is 0.422. The fraction of sp³-hybridized carbons (Fsp3) is 0.208. The standard InChI is InChI=1S/C24H22F3N3O3S/c1-15-7-8-18(23(32)28-14-24(25,26)27)11-20(15)30-22(31)10-9-17-5-3-4-6-21(17)33-12-19-13-34-16(2)29-19/h3-11,13H,12,14H2,1-2H3,(H,28,32)(H,30,31)/b10-9+. The predicted molar refractivity (Wildman–Crippen MR) is 125 cm³/mol. The molecule has 0 bridgehead atoms. The maximum Gasteiger partial charge on any atom is 0.405 e. The monoisotopic (exact) mass is 489 g/mol. The van der Waals surface area contributed by atoms with Gasteiger partial charge in [-0.3, -0.25) is 9.59 Å². The van der Waals surface area contributed by atoms with Gasteiger partial charge in [0.1, 0.15) is 18.9 Å². The fourth-order valence-corrected chi connectivity index (χ4v) is 3.49. The van der Waals surface area contributed by atoms with E-state index < -0.39 is 24.5 Å². The van der Waals surface area contributed by atoms with Crippen LogP contribution >= 0.6 is 11.3 Å². The van der Waals surface area contributed by atoms with Crippen LogP contribution in [-0.4, -0.2) is 29.5 Å². The molecule has 2 aromatic carbocycles. The van der Waals surface area contributed by atoms with Gasteiger partial charge in [-0.15, -0.1) is 11.3 Å². The third kappa shape index (κ3) is 7.45. The second-order valence-corrected chi connectivity index (χ2v) is 8.40. The van der Waals surface area contributed by atoms with Gasteiger partial charge in [0.2, 0.25) is 5.91 Å². The number of hydrogen-bond donors (Lipinski definition) is 2. The number of carbonyl (C=O) groups excluding carboxylic acids is 2. The molecule has 0 unspecified atom stereocenters. The first-order valence-electron chi connectivity index (χ1n) is 10.2. The van der Waals surface area contributed by atoms with Crippen molar-refractivity contribution < 1.29 is 27.5 Å². The molecule has 0 aliphatic heterocycles. The number of para-hydroxylation sites is 1. The van der Waals surface area contributed by atoms with Crippen molar-refractivity contribution in [2.75, 3.05) is 11.9 Å². The number of aryl methyl sites for hydroxylation is 2. The maximum absolute atomic E-state index is 12.5. The van der Waals surface area contributed by atoms with Crippen LogP contribution in [0, 0.1) is 13.8 Å². The van der Waals surface area contributed by atoms with Gasteiger partial charge < -0.3 is 15.4 Å². The van der Waals surface area contributed by atoms with E-state index in [1.165, 1.54) is 29.5 Å². The summed E-state index contributed by atoms with van der Waals surface area (Å²) in [6.45, 7) is 2.48. The Bertz CT molecular complexity index is 1210. The van der Waals surface area contributed by atoms with E-state index in [1.54, 1.807) is 31.2 Å². The summed E-state index contributed by atoms with van der Waals surface area (Å²) in [7, 11) is 0. The number of rotatable bonds is 8. The van der Waals surface area contributed by atoms with E-state index in [0.717, 1.165) is 10.7 Å².